The van der Waals surface area contributed by atoms with E-state index in [0.29, 0.717) is 4.47 Å². The van der Waals surface area contributed by atoms with Crippen LogP contribution in [0.1, 0.15) is 5.56 Å². The molecule has 0 bridgehead atoms. The third-order valence-corrected chi connectivity index (χ3v) is 1.89. The summed E-state index contributed by atoms with van der Waals surface area (Å²) < 4.78 is 40.0. The number of ether oxygens (including phenoxy) is 1. The lowest BCUT2D eigenvalue weighted by atomic mass is 10.2. The van der Waals surface area contributed by atoms with Crippen molar-refractivity contribution in [1.82, 2.24) is 0 Å². The van der Waals surface area contributed by atoms with Crippen LogP contribution in [0.3, 0.4) is 0 Å². The minimum absolute atomic E-state index is 0.0178. The molecule has 0 heterocycles. The van der Waals surface area contributed by atoms with Gasteiger partial charge in [-0.15, -0.1) is 13.2 Å². The van der Waals surface area contributed by atoms with Crippen LogP contribution in [0.2, 0.25) is 0 Å². The van der Waals surface area contributed by atoms with Gasteiger partial charge < -0.3 is 9.94 Å². The summed E-state index contributed by atoms with van der Waals surface area (Å²) in [7, 11) is 0. The highest BCUT2D eigenvalue weighted by Gasteiger charge is 2.31. The van der Waals surface area contributed by atoms with E-state index >= 15 is 0 Å². The van der Waals surface area contributed by atoms with Gasteiger partial charge in [-0.05, 0) is 18.2 Å². The number of hydrogen-bond acceptors (Lipinski definition) is 3. The summed E-state index contributed by atoms with van der Waals surface area (Å²) in [5, 5.41) is 10.9. The highest BCUT2D eigenvalue weighted by atomic mass is 79.9. The van der Waals surface area contributed by atoms with Crippen LogP contribution in [0.15, 0.2) is 27.8 Å². The fraction of sp³-hybridized carbons (Fsp3) is 0.125. The van der Waals surface area contributed by atoms with Gasteiger partial charge in [0.2, 0.25) is 0 Å². The number of alkyl halides is 3. The van der Waals surface area contributed by atoms with Crippen LogP contribution in [-0.4, -0.2) is 17.8 Å². The number of benzene rings is 1. The lowest BCUT2D eigenvalue weighted by Crippen LogP contribution is -2.18. The lowest BCUT2D eigenvalue weighted by Gasteiger charge is -2.10. The Kier molecular flexibility index (Phi) is 3.57. The van der Waals surface area contributed by atoms with Crippen molar-refractivity contribution in [3.63, 3.8) is 0 Å². The summed E-state index contributed by atoms with van der Waals surface area (Å²) in [5.74, 6) is -0.427. The first-order valence-electron chi connectivity index (χ1n) is 3.65. The molecule has 0 spiro atoms. The zero-order valence-electron chi connectivity index (χ0n) is 7.12. The Labute approximate surface area is 91.3 Å². The van der Waals surface area contributed by atoms with Crippen LogP contribution in [-0.2, 0) is 0 Å². The van der Waals surface area contributed by atoms with Crippen LogP contribution in [0.4, 0.5) is 13.2 Å². The maximum absolute atomic E-state index is 11.9. The number of nitrogens with zero attached hydrogens (tertiary/aromatic N) is 1. The van der Waals surface area contributed by atoms with E-state index in [0.717, 1.165) is 12.3 Å². The Morgan fingerprint density at radius 1 is 1.40 bits per heavy atom. The molecular formula is C8H5BrF3NO2. The third kappa shape index (κ3) is 3.78. The van der Waals surface area contributed by atoms with E-state index in [4.69, 9.17) is 5.21 Å². The zero-order chi connectivity index (χ0) is 11.5. The van der Waals surface area contributed by atoms with E-state index in [2.05, 4.69) is 25.8 Å². The predicted octanol–water partition coefficient (Wildman–Crippen LogP) is 3.16. The topological polar surface area (TPSA) is 41.8 Å². The second kappa shape index (κ2) is 4.52. The van der Waals surface area contributed by atoms with Crippen molar-refractivity contribution in [2.45, 2.75) is 6.36 Å². The van der Waals surface area contributed by atoms with Gasteiger partial charge in [0.25, 0.3) is 0 Å². The van der Waals surface area contributed by atoms with Crippen LogP contribution < -0.4 is 4.74 Å². The van der Waals surface area contributed by atoms with E-state index in [1.165, 1.54) is 12.1 Å². The molecule has 0 saturated heterocycles. The quantitative estimate of drug-likeness (QED) is 0.515. The molecule has 0 aromatic heterocycles. The van der Waals surface area contributed by atoms with Gasteiger partial charge in [0, 0.05) is 10.0 Å². The summed E-state index contributed by atoms with van der Waals surface area (Å²) in [6.07, 6.45) is -3.92. The Morgan fingerprint density at radius 3 is 2.60 bits per heavy atom. The molecule has 0 saturated carbocycles. The van der Waals surface area contributed by atoms with Crippen molar-refractivity contribution in [1.29, 1.82) is 0 Å². The molecule has 0 radical (unpaired) electrons. The van der Waals surface area contributed by atoms with Crippen LogP contribution in [0.5, 0.6) is 5.75 Å². The minimum atomic E-state index is -4.77. The molecule has 1 aromatic rings. The van der Waals surface area contributed by atoms with Gasteiger partial charge >= 0.3 is 6.36 Å². The van der Waals surface area contributed by atoms with Crippen molar-refractivity contribution in [2.75, 3.05) is 0 Å². The van der Waals surface area contributed by atoms with Gasteiger partial charge in [-0.25, -0.2) is 0 Å². The van der Waals surface area contributed by atoms with Gasteiger partial charge in [-0.2, -0.15) is 0 Å². The molecule has 82 valence electrons. The maximum atomic E-state index is 11.9. The summed E-state index contributed by atoms with van der Waals surface area (Å²) >= 11 is 3.07. The average Bonchev–Trinajstić information content (AvgIpc) is 2.08. The molecule has 0 unspecified atom stereocenters. The molecule has 0 aliphatic carbocycles. The molecule has 15 heavy (non-hydrogen) atoms. The van der Waals surface area contributed by atoms with E-state index < -0.39 is 12.1 Å². The van der Waals surface area contributed by atoms with Crippen molar-refractivity contribution in [2.24, 2.45) is 5.16 Å². The van der Waals surface area contributed by atoms with Gasteiger partial charge in [0.05, 0.1) is 6.21 Å². The number of halogens is 4. The Morgan fingerprint density at radius 2 is 2.07 bits per heavy atom. The first-order valence-corrected chi connectivity index (χ1v) is 4.44. The summed E-state index contributed by atoms with van der Waals surface area (Å²) in [6.45, 7) is 0. The van der Waals surface area contributed by atoms with Gasteiger partial charge in [0.1, 0.15) is 5.75 Å². The van der Waals surface area contributed by atoms with E-state index in [1.54, 1.807) is 0 Å². The van der Waals surface area contributed by atoms with E-state index in [1.807, 2.05) is 0 Å². The van der Waals surface area contributed by atoms with Crippen molar-refractivity contribution >= 4 is 22.1 Å². The largest absolute Gasteiger partial charge is 0.573 e. The molecule has 1 rings (SSSR count). The summed E-state index contributed by atoms with van der Waals surface area (Å²) in [4.78, 5) is 0. The Hall–Kier alpha value is -1.24. The number of rotatable bonds is 2. The van der Waals surface area contributed by atoms with Gasteiger partial charge in [-0.1, -0.05) is 21.1 Å². The Bertz CT molecular complexity index is 379. The molecule has 7 heteroatoms. The highest BCUT2D eigenvalue weighted by Crippen LogP contribution is 2.27. The van der Waals surface area contributed by atoms with Gasteiger partial charge in [-0.3, -0.25) is 0 Å². The summed E-state index contributed by atoms with van der Waals surface area (Å²) in [6, 6.07) is 3.84. The maximum Gasteiger partial charge on any atom is 0.573 e. The second-order valence-corrected chi connectivity index (χ2v) is 3.39. The van der Waals surface area contributed by atoms with Crippen molar-refractivity contribution in [3.05, 3.63) is 28.2 Å². The fourth-order valence-corrected chi connectivity index (χ4v) is 1.28. The molecular weight excluding hydrogens is 279 g/mol. The molecule has 3 nitrogen and oxygen atoms in total. The first-order chi connectivity index (χ1) is 6.92. The second-order valence-electron chi connectivity index (χ2n) is 2.47. The SMILES string of the molecule is ON=Cc1cc(Br)ccc1OC(F)(F)F. The third-order valence-electron chi connectivity index (χ3n) is 1.39. The van der Waals surface area contributed by atoms with Crippen LogP contribution >= 0.6 is 15.9 Å². The number of hydrogen-bond donors (Lipinski definition) is 1. The van der Waals surface area contributed by atoms with Crippen LogP contribution in [0, 0.1) is 0 Å². The fourth-order valence-electron chi connectivity index (χ4n) is 0.900. The molecule has 0 aliphatic rings. The van der Waals surface area contributed by atoms with Crippen molar-refractivity contribution < 1.29 is 23.1 Å². The summed E-state index contributed by atoms with van der Waals surface area (Å²) in [5.41, 5.74) is 0.0178. The van der Waals surface area contributed by atoms with Gasteiger partial charge in [0.15, 0.2) is 0 Å². The normalized spacial score (nSPS) is 12.0. The zero-order valence-corrected chi connectivity index (χ0v) is 8.71. The van der Waals surface area contributed by atoms with E-state index in [-0.39, 0.29) is 5.56 Å². The standard InChI is InChI=1S/C8H5BrF3NO2/c9-6-1-2-7(15-8(10,11)12)5(3-6)4-13-14/h1-4,14H. The smallest absolute Gasteiger partial charge is 0.411 e. The molecule has 0 amide bonds. The molecule has 0 fully saturated rings. The monoisotopic (exact) mass is 283 g/mol. The van der Waals surface area contributed by atoms with E-state index in [9.17, 15) is 13.2 Å². The minimum Gasteiger partial charge on any atom is -0.411 e. The first kappa shape index (κ1) is 11.8. The predicted molar refractivity (Wildman–Crippen MR) is 50.2 cm³/mol. The molecule has 0 atom stereocenters. The lowest BCUT2D eigenvalue weighted by molar-refractivity contribution is -0.274. The highest BCUT2D eigenvalue weighted by molar-refractivity contribution is 9.10. The van der Waals surface area contributed by atoms with Crippen molar-refractivity contribution in [3.8, 4) is 5.75 Å². The molecule has 1 N–H and O–H groups in total. The number of oxime groups is 1. The molecule has 0 aliphatic heterocycles. The Balaban J connectivity index is 3.06. The van der Waals surface area contributed by atoms with Crippen LogP contribution in [0.25, 0.3) is 0 Å². The molecule has 1 aromatic carbocycles. The average molecular weight is 284 g/mol.